The monoisotopic (exact) mass is 398 g/mol. The molecular formula is C17H13Cl3N2O3. The van der Waals surface area contributed by atoms with E-state index in [1.54, 1.807) is 31.5 Å². The molecule has 0 amide bonds. The fourth-order valence-electron chi connectivity index (χ4n) is 2.39. The maximum absolute atomic E-state index is 13.0. The minimum absolute atomic E-state index is 0.151. The summed E-state index contributed by atoms with van der Waals surface area (Å²) in [4.78, 5) is 20.1. The molecule has 5 nitrogen and oxygen atoms in total. The number of methoxy groups -OCH3 is 1. The van der Waals surface area contributed by atoms with E-state index < -0.39 is 0 Å². The summed E-state index contributed by atoms with van der Waals surface area (Å²) in [5.74, 6) is 0.0185. The van der Waals surface area contributed by atoms with Crippen molar-refractivity contribution in [1.82, 2.24) is 9.97 Å². The van der Waals surface area contributed by atoms with Gasteiger partial charge in [0.05, 0.1) is 27.2 Å². The molecule has 0 saturated carbocycles. The predicted octanol–water partition coefficient (Wildman–Crippen LogP) is 4.78. The van der Waals surface area contributed by atoms with Crippen molar-refractivity contribution in [3.63, 3.8) is 0 Å². The molecule has 130 valence electrons. The van der Waals surface area contributed by atoms with Gasteiger partial charge in [0, 0.05) is 30.5 Å². The van der Waals surface area contributed by atoms with Crippen LogP contribution in [0.15, 0.2) is 30.6 Å². The summed E-state index contributed by atoms with van der Waals surface area (Å²) >= 11 is 18.6. The van der Waals surface area contributed by atoms with E-state index in [2.05, 4.69) is 9.97 Å². The molecule has 1 N–H and O–H groups in total. The van der Waals surface area contributed by atoms with E-state index in [0.29, 0.717) is 40.6 Å². The SMILES string of the molecule is COCCOc1ccc(Cl)c(C(=O)c2c[nH]c3ncc(Cl)cc23)c1Cl. The lowest BCUT2D eigenvalue weighted by Gasteiger charge is -2.12. The zero-order chi connectivity index (χ0) is 18.0. The average Bonchev–Trinajstić information content (AvgIpc) is 3.00. The minimum atomic E-state index is -0.345. The number of hydrogen-bond donors (Lipinski definition) is 1. The number of ether oxygens (including phenoxy) is 2. The van der Waals surface area contributed by atoms with Crippen molar-refractivity contribution in [3.05, 3.63) is 56.8 Å². The van der Waals surface area contributed by atoms with Crippen LogP contribution in [0.4, 0.5) is 0 Å². The maximum Gasteiger partial charge on any atom is 0.198 e. The number of hydrogen-bond acceptors (Lipinski definition) is 4. The Morgan fingerprint density at radius 2 is 2.04 bits per heavy atom. The van der Waals surface area contributed by atoms with Gasteiger partial charge >= 0.3 is 0 Å². The topological polar surface area (TPSA) is 64.2 Å². The average molecular weight is 400 g/mol. The van der Waals surface area contributed by atoms with Gasteiger partial charge in [-0.3, -0.25) is 4.79 Å². The van der Waals surface area contributed by atoms with E-state index in [-0.39, 0.29) is 21.4 Å². The number of fused-ring (bicyclic) bond motifs is 1. The smallest absolute Gasteiger partial charge is 0.198 e. The first-order chi connectivity index (χ1) is 12.0. The van der Waals surface area contributed by atoms with Gasteiger partial charge in [-0.25, -0.2) is 4.98 Å². The third-order valence-electron chi connectivity index (χ3n) is 3.57. The molecule has 2 aromatic heterocycles. The Balaban J connectivity index is 2.03. The molecule has 8 heteroatoms. The summed E-state index contributed by atoms with van der Waals surface area (Å²) in [6, 6.07) is 4.85. The summed E-state index contributed by atoms with van der Waals surface area (Å²) < 4.78 is 10.5. The molecule has 0 bridgehead atoms. The second kappa shape index (κ2) is 7.62. The van der Waals surface area contributed by atoms with Crippen LogP contribution < -0.4 is 4.74 Å². The van der Waals surface area contributed by atoms with Crippen LogP contribution in [-0.4, -0.2) is 36.1 Å². The van der Waals surface area contributed by atoms with E-state index in [1.807, 2.05) is 0 Å². The number of aromatic amines is 1. The van der Waals surface area contributed by atoms with Gasteiger partial charge in [-0.05, 0) is 18.2 Å². The summed E-state index contributed by atoms with van der Waals surface area (Å²) in [5.41, 5.74) is 1.09. The van der Waals surface area contributed by atoms with Crippen LogP contribution in [0, 0.1) is 0 Å². The number of nitrogens with zero attached hydrogens (tertiary/aromatic N) is 1. The number of H-pyrrole nitrogens is 1. The molecule has 0 fully saturated rings. The molecule has 0 aliphatic rings. The molecule has 1 aromatic carbocycles. The van der Waals surface area contributed by atoms with Crippen molar-refractivity contribution >= 4 is 51.6 Å². The number of carbonyl (C=O) groups is 1. The van der Waals surface area contributed by atoms with Crippen LogP contribution in [0.3, 0.4) is 0 Å². The van der Waals surface area contributed by atoms with Crippen molar-refractivity contribution in [3.8, 4) is 5.75 Å². The molecule has 0 saturated heterocycles. The molecule has 0 radical (unpaired) electrons. The van der Waals surface area contributed by atoms with Gasteiger partial charge in [0.2, 0.25) is 0 Å². The molecule has 2 heterocycles. The van der Waals surface area contributed by atoms with E-state index >= 15 is 0 Å². The van der Waals surface area contributed by atoms with Gasteiger partial charge in [-0.15, -0.1) is 0 Å². The summed E-state index contributed by atoms with van der Waals surface area (Å²) in [5, 5.41) is 1.40. The molecule has 3 rings (SSSR count). The largest absolute Gasteiger partial charge is 0.490 e. The lowest BCUT2D eigenvalue weighted by atomic mass is 10.0. The third-order valence-corrected chi connectivity index (χ3v) is 4.47. The lowest BCUT2D eigenvalue weighted by molar-refractivity contribution is 0.104. The molecule has 3 aromatic rings. The standard InChI is InChI=1S/C17H13Cl3N2O3/c1-24-4-5-25-13-3-2-12(19)14(15(13)20)16(23)11-8-22-17-10(11)6-9(18)7-21-17/h2-3,6-8H,4-5H2,1H3,(H,21,22). The number of ketones is 1. The number of halogens is 3. The second-order valence-electron chi connectivity index (χ2n) is 5.16. The van der Waals surface area contributed by atoms with Crippen molar-refractivity contribution in [1.29, 1.82) is 0 Å². The molecule has 0 unspecified atom stereocenters. The number of aromatic nitrogens is 2. The zero-order valence-corrected chi connectivity index (χ0v) is 15.4. The van der Waals surface area contributed by atoms with Gasteiger partial charge in [-0.1, -0.05) is 34.8 Å². The van der Waals surface area contributed by atoms with Crippen molar-refractivity contribution in [2.24, 2.45) is 0 Å². The van der Waals surface area contributed by atoms with Crippen LogP contribution in [0.1, 0.15) is 15.9 Å². The first kappa shape index (κ1) is 18.0. The number of rotatable bonds is 6. The molecule has 0 spiro atoms. The van der Waals surface area contributed by atoms with E-state index in [4.69, 9.17) is 44.3 Å². The first-order valence-electron chi connectivity index (χ1n) is 7.30. The highest BCUT2D eigenvalue weighted by atomic mass is 35.5. The minimum Gasteiger partial charge on any atom is -0.490 e. The van der Waals surface area contributed by atoms with Gasteiger partial charge in [0.1, 0.15) is 18.0 Å². The molecule has 0 aliphatic heterocycles. The summed E-state index contributed by atoms with van der Waals surface area (Å²) in [7, 11) is 1.57. The van der Waals surface area contributed by atoms with Crippen molar-refractivity contribution in [2.75, 3.05) is 20.3 Å². The Hall–Kier alpha value is -1.79. The normalized spacial score (nSPS) is 11.0. The second-order valence-corrected chi connectivity index (χ2v) is 6.38. The van der Waals surface area contributed by atoms with Crippen LogP contribution in [-0.2, 0) is 4.74 Å². The number of benzene rings is 1. The first-order valence-corrected chi connectivity index (χ1v) is 8.43. The summed E-state index contributed by atoms with van der Waals surface area (Å²) in [6.07, 6.45) is 3.06. The fourth-order valence-corrected chi connectivity index (χ4v) is 3.14. The van der Waals surface area contributed by atoms with Crippen LogP contribution in [0.2, 0.25) is 15.1 Å². The van der Waals surface area contributed by atoms with Gasteiger partial charge in [-0.2, -0.15) is 0 Å². The third kappa shape index (κ3) is 3.60. The van der Waals surface area contributed by atoms with Gasteiger partial charge in [0.15, 0.2) is 5.78 Å². The Morgan fingerprint density at radius 3 is 2.80 bits per heavy atom. The Bertz CT molecular complexity index is 940. The van der Waals surface area contributed by atoms with Crippen LogP contribution in [0.25, 0.3) is 11.0 Å². The zero-order valence-electron chi connectivity index (χ0n) is 13.1. The van der Waals surface area contributed by atoms with Crippen molar-refractivity contribution in [2.45, 2.75) is 0 Å². The van der Waals surface area contributed by atoms with E-state index in [0.717, 1.165) is 0 Å². The highest BCUT2D eigenvalue weighted by molar-refractivity contribution is 6.42. The Morgan fingerprint density at radius 1 is 1.24 bits per heavy atom. The Labute approximate surface area is 158 Å². The van der Waals surface area contributed by atoms with Crippen LogP contribution >= 0.6 is 34.8 Å². The molecule has 25 heavy (non-hydrogen) atoms. The maximum atomic E-state index is 13.0. The molecule has 0 atom stereocenters. The molecule has 0 aliphatic carbocycles. The lowest BCUT2D eigenvalue weighted by Crippen LogP contribution is -2.07. The quantitative estimate of drug-likeness (QED) is 0.478. The summed E-state index contributed by atoms with van der Waals surface area (Å²) in [6.45, 7) is 0.701. The van der Waals surface area contributed by atoms with E-state index in [9.17, 15) is 4.79 Å². The molecular weight excluding hydrogens is 387 g/mol. The highest BCUT2D eigenvalue weighted by Crippen LogP contribution is 2.36. The number of pyridine rings is 1. The fraction of sp³-hybridized carbons (Fsp3) is 0.176. The van der Waals surface area contributed by atoms with Crippen molar-refractivity contribution < 1.29 is 14.3 Å². The van der Waals surface area contributed by atoms with E-state index in [1.165, 1.54) is 6.20 Å². The van der Waals surface area contributed by atoms with Crippen LogP contribution in [0.5, 0.6) is 5.75 Å². The van der Waals surface area contributed by atoms with Gasteiger partial charge < -0.3 is 14.5 Å². The highest BCUT2D eigenvalue weighted by Gasteiger charge is 2.23. The predicted molar refractivity (Wildman–Crippen MR) is 98.4 cm³/mol. The Kier molecular flexibility index (Phi) is 5.49. The van der Waals surface area contributed by atoms with Gasteiger partial charge in [0.25, 0.3) is 0 Å². The number of nitrogens with one attached hydrogen (secondary N) is 1. The number of carbonyl (C=O) groups excluding carboxylic acids is 1.